The Kier molecular flexibility index (Phi) is 5.59. The molecule has 9 nitrogen and oxygen atoms in total. The van der Waals surface area contributed by atoms with Gasteiger partial charge in [0, 0.05) is 23.3 Å². The molecule has 1 aromatic carbocycles. The normalized spacial score (nSPS) is 13.1. The van der Waals surface area contributed by atoms with Crippen LogP contribution in [0.5, 0.6) is 5.75 Å². The molecule has 0 saturated heterocycles. The van der Waals surface area contributed by atoms with Gasteiger partial charge in [0.05, 0.1) is 34.7 Å². The van der Waals surface area contributed by atoms with Crippen LogP contribution in [0, 0.1) is 17.2 Å². The molecule has 1 aliphatic rings. The highest BCUT2D eigenvalue weighted by atomic mass is 35.5. The number of rotatable bonds is 5. The van der Waals surface area contributed by atoms with E-state index in [0.29, 0.717) is 45.8 Å². The zero-order valence-corrected chi connectivity index (χ0v) is 19.3. The standard InChI is InChI=1S/C24H20ClN7O2/c1-13(2)5-18-16(7-26)23(17-10-29-31-24(17)30-18)14-3-4-19-20(6-14)34-12-22(33)32(19)11-21-27-8-15(25)9-28-21/h3-4,6,8-10,13H,5,11-12H2,1-2H3,(H,29,30,31). The molecule has 0 radical (unpaired) electrons. The van der Waals surface area contributed by atoms with Crippen molar-refractivity contribution in [2.24, 2.45) is 5.92 Å². The number of nitrogens with one attached hydrogen (secondary N) is 1. The van der Waals surface area contributed by atoms with Crippen molar-refractivity contribution in [3.63, 3.8) is 0 Å². The molecular weight excluding hydrogens is 454 g/mol. The van der Waals surface area contributed by atoms with Crippen molar-refractivity contribution in [2.45, 2.75) is 26.8 Å². The van der Waals surface area contributed by atoms with Crippen LogP contribution >= 0.6 is 11.6 Å². The molecule has 0 fully saturated rings. The van der Waals surface area contributed by atoms with Gasteiger partial charge >= 0.3 is 0 Å². The third-order valence-electron chi connectivity index (χ3n) is 5.55. The van der Waals surface area contributed by atoms with Crippen molar-refractivity contribution < 1.29 is 9.53 Å². The van der Waals surface area contributed by atoms with Crippen molar-refractivity contribution >= 4 is 34.2 Å². The number of halogens is 1. The lowest BCUT2D eigenvalue weighted by Crippen LogP contribution is -2.38. The SMILES string of the molecule is CC(C)Cc1nc2[nH]ncc2c(-c2ccc3c(c2)OCC(=O)N3Cc2ncc(Cl)cn2)c1C#N. The van der Waals surface area contributed by atoms with Gasteiger partial charge in [-0.3, -0.25) is 14.8 Å². The molecule has 0 saturated carbocycles. The van der Waals surface area contributed by atoms with Gasteiger partial charge in [0.25, 0.3) is 5.91 Å². The monoisotopic (exact) mass is 473 g/mol. The minimum atomic E-state index is -0.197. The highest BCUT2D eigenvalue weighted by molar-refractivity contribution is 6.30. The first kappa shape index (κ1) is 21.8. The molecule has 4 heterocycles. The van der Waals surface area contributed by atoms with Crippen molar-refractivity contribution in [1.82, 2.24) is 25.1 Å². The number of carbonyl (C=O) groups is 1. The van der Waals surface area contributed by atoms with Gasteiger partial charge in [-0.05, 0) is 30.0 Å². The summed E-state index contributed by atoms with van der Waals surface area (Å²) in [5, 5.41) is 18.3. The summed E-state index contributed by atoms with van der Waals surface area (Å²) in [6.07, 6.45) is 5.33. The molecule has 0 bridgehead atoms. The van der Waals surface area contributed by atoms with Crippen LogP contribution < -0.4 is 9.64 Å². The third kappa shape index (κ3) is 3.93. The number of H-pyrrole nitrogens is 1. The highest BCUT2D eigenvalue weighted by Gasteiger charge is 2.28. The first-order chi connectivity index (χ1) is 16.4. The van der Waals surface area contributed by atoms with Crippen LogP contribution in [0.3, 0.4) is 0 Å². The summed E-state index contributed by atoms with van der Waals surface area (Å²) in [4.78, 5) is 27.3. The maximum absolute atomic E-state index is 12.6. The zero-order chi connectivity index (χ0) is 23.8. The van der Waals surface area contributed by atoms with E-state index < -0.39 is 0 Å². The van der Waals surface area contributed by atoms with Crippen molar-refractivity contribution in [2.75, 3.05) is 11.5 Å². The number of carbonyl (C=O) groups excluding carboxylic acids is 1. The van der Waals surface area contributed by atoms with Crippen molar-refractivity contribution in [3.05, 3.63) is 58.9 Å². The van der Waals surface area contributed by atoms with Crippen molar-refractivity contribution in [3.8, 4) is 22.9 Å². The van der Waals surface area contributed by atoms with Crippen molar-refractivity contribution in [1.29, 1.82) is 5.26 Å². The molecule has 34 heavy (non-hydrogen) atoms. The van der Waals surface area contributed by atoms with Crippen LogP contribution in [-0.4, -0.2) is 37.7 Å². The lowest BCUT2D eigenvalue weighted by atomic mass is 9.93. The van der Waals surface area contributed by atoms with E-state index in [2.05, 4.69) is 45.1 Å². The molecule has 4 aromatic rings. The maximum atomic E-state index is 12.6. The second-order valence-electron chi connectivity index (χ2n) is 8.42. The van der Waals surface area contributed by atoms with E-state index in [4.69, 9.17) is 16.3 Å². The Bertz CT molecular complexity index is 1440. The summed E-state index contributed by atoms with van der Waals surface area (Å²) in [5.74, 6) is 1.13. The predicted octanol–water partition coefficient (Wildman–Crippen LogP) is 4.06. The fourth-order valence-electron chi connectivity index (χ4n) is 4.07. The topological polar surface area (TPSA) is 121 Å². The molecule has 0 unspecified atom stereocenters. The van der Waals surface area contributed by atoms with E-state index in [1.54, 1.807) is 11.1 Å². The van der Waals surface area contributed by atoms with E-state index in [-0.39, 0.29) is 19.1 Å². The summed E-state index contributed by atoms with van der Waals surface area (Å²) in [7, 11) is 0. The number of pyridine rings is 1. The number of amides is 1. The Balaban J connectivity index is 1.60. The van der Waals surface area contributed by atoms with Crippen LogP contribution in [0.4, 0.5) is 5.69 Å². The van der Waals surface area contributed by atoms with E-state index in [1.807, 2.05) is 18.2 Å². The van der Waals surface area contributed by atoms with Gasteiger partial charge in [-0.15, -0.1) is 0 Å². The molecular formula is C24H20ClN7O2. The second-order valence-corrected chi connectivity index (χ2v) is 8.86. The minimum absolute atomic E-state index is 0.106. The van der Waals surface area contributed by atoms with Gasteiger partial charge in [-0.1, -0.05) is 31.5 Å². The number of hydrogen-bond donors (Lipinski definition) is 1. The average molecular weight is 474 g/mol. The fourth-order valence-corrected chi connectivity index (χ4v) is 4.17. The largest absolute Gasteiger partial charge is 0.482 e. The van der Waals surface area contributed by atoms with Gasteiger partial charge in [0.15, 0.2) is 12.3 Å². The molecule has 1 amide bonds. The average Bonchev–Trinajstić information content (AvgIpc) is 3.28. The summed E-state index contributed by atoms with van der Waals surface area (Å²) >= 11 is 5.88. The Labute approximate surface area is 200 Å². The van der Waals surface area contributed by atoms with Crippen LogP contribution in [0.1, 0.15) is 30.9 Å². The van der Waals surface area contributed by atoms with E-state index >= 15 is 0 Å². The number of aromatic amines is 1. The first-order valence-corrected chi connectivity index (χ1v) is 11.1. The minimum Gasteiger partial charge on any atom is -0.482 e. The molecule has 5 rings (SSSR count). The van der Waals surface area contributed by atoms with E-state index in [0.717, 1.165) is 22.2 Å². The molecule has 0 spiro atoms. The number of fused-ring (bicyclic) bond motifs is 2. The van der Waals surface area contributed by atoms with Gasteiger partial charge < -0.3 is 4.74 Å². The van der Waals surface area contributed by atoms with Gasteiger partial charge in [0.2, 0.25) is 0 Å². The maximum Gasteiger partial charge on any atom is 0.265 e. The fraction of sp³-hybridized carbons (Fsp3) is 0.250. The van der Waals surface area contributed by atoms with Gasteiger partial charge in [-0.2, -0.15) is 10.4 Å². The lowest BCUT2D eigenvalue weighted by molar-refractivity contribution is -0.121. The number of nitrogens with zero attached hydrogens (tertiary/aromatic N) is 6. The van der Waals surface area contributed by atoms with E-state index in [1.165, 1.54) is 12.4 Å². The number of anilines is 1. The number of aromatic nitrogens is 5. The van der Waals surface area contributed by atoms with Crippen LogP contribution in [0.15, 0.2) is 36.8 Å². The smallest absolute Gasteiger partial charge is 0.265 e. The highest BCUT2D eigenvalue weighted by Crippen LogP contribution is 2.40. The van der Waals surface area contributed by atoms with Gasteiger partial charge in [-0.25, -0.2) is 15.0 Å². The molecule has 0 aliphatic carbocycles. The van der Waals surface area contributed by atoms with E-state index in [9.17, 15) is 10.1 Å². The van der Waals surface area contributed by atoms with Crippen LogP contribution in [-0.2, 0) is 17.8 Å². The second kappa shape index (κ2) is 8.72. The molecule has 1 N–H and O–H groups in total. The van der Waals surface area contributed by atoms with Gasteiger partial charge in [0.1, 0.15) is 17.6 Å². The number of hydrogen-bond acceptors (Lipinski definition) is 7. The first-order valence-electron chi connectivity index (χ1n) is 10.7. The zero-order valence-electron chi connectivity index (χ0n) is 18.5. The summed E-state index contributed by atoms with van der Waals surface area (Å²) in [6, 6.07) is 7.88. The number of benzene rings is 1. The molecule has 0 atom stereocenters. The Hall–Kier alpha value is -4.03. The molecule has 3 aromatic heterocycles. The quantitative estimate of drug-likeness (QED) is 0.463. The lowest BCUT2D eigenvalue weighted by Gasteiger charge is -2.29. The molecule has 10 heteroatoms. The third-order valence-corrected chi connectivity index (χ3v) is 5.75. The van der Waals surface area contributed by atoms with Crippen LogP contribution in [0.25, 0.3) is 22.2 Å². The Morgan fingerprint density at radius 3 is 2.79 bits per heavy atom. The summed E-state index contributed by atoms with van der Waals surface area (Å²) < 4.78 is 5.77. The van der Waals surface area contributed by atoms with Crippen LogP contribution in [0.2, 0.25) is 5.02 Å². The summed E-state index contributed by atoms with van der Waals surface area (Å²) in [6.45, 7) is 4.25. The number of nitriles is 1. The Morgan fingerprint density at radius 1 is 1.26 bits per heavy atom. The molecule has 170 valence electrons. The Morgan fingerprint density at radius 2 is 2.06 bits per heavy atom. The number of ether oxygens (including phenoxy) is 1. The predicted molar refractivity (Wildman–Crippen MR) is 126 cm³/mol. The molecule has 1 aliphatic heterocycles. The summed E-state index contributed by atoms with van der Waals surface area (Å²) in [5.41, 5.74) is 4.00.